The van der Waals surface area contributed by atoms with E-state index in [1.807, 2.05) is 23.9 Å². The summed E-state index contributed by atoms with van der Waals surface area (Å²) in [5, 5.41) is 6.66. The zero-order valence-corrected chi connectivity index (χ0v) is 17.1. The summed E-state index contributed by atoms with van der Waals surface area (Å²) < 4.78 is 10.8. The summed E-state index contributed by atoms with van der Waals surface area (Å²) >= 11 is 1.82. The van der Waals surface area contributed by atoms with Crippen molar-refractivity contribution in [1.29, 1.82) is 0 Å². The number of guanidine groups is 1. The lowest BCUT2D eigenvalue weighted by molar-refractivity contribution is 0.303. The topological polar surface area (TPSA) is 58.1 Å². The van der Waals surface area contributed by atoms with E-state index in [0.717, 1.165) is 41.9 Å². The molecule has 2 N–H and O–H groups in total. The molecule has 0 spiro atoms. The Morgan fingerprint density at radius 3 is 2.48 bits per heavy atom. The van der Waals surface area contributed by atoms with Crippen LogP contribution in [0.3, 0.4) is 0 Å². The fourth-order valence-electron chi connectivity index (χ4n) is 2.42. The number of likely N-dealkylation sites (N-methyl/N-ethyl adjacent to an activating group) is 1. The van der Waals surface area contributed by atoms with Crippen LogP contribution < -0.4 is 20.1 Å². The first-order valence-corrected chi connectivity index (χ1v) is 9.86. The predicted molar refractivity (Wildman–Crippen MR) is 108 cm³/mol. The maximum atomic E-state index is 5.43. The molecule has 6 nitrogen and oxygen atoms in total. The highest BCUT2D eigenvalue weighted by atomic mass is 32.2. The second-order valence-electron chi connectivity index (χ2n) is 5.73. The number of ether oxygens (including phenoxy) is 2. The lowest BCUT2D eigenvalue weighted by Crippen LogP contribution is -2.39. The Balaban J connectivity index is 2.93. The van der Waals surface area contributed by atoms with Crippen LogP contribution in [0.1, 0.15) is 18.5 Å². The number of hydrogen-bond acceptors (Lipinski definition) is 5. The van der Waals surface area contributed by atoms with Gasteiger partial charge in [-0.15, -0.1) is 0 Å². The quantitative estimate of drug-likeness (QED) is 0.375. The summed E-state index contributed by atoms with van der Waals surface area (Å²) in [7, 11) is 7.42. The van der Waals surface area contributed by atoms with E-state index in [0.29, 0.717) is 6.54 Å². The Kier molecular flexibility index (Phi) is 10.2. The Labute approximate surface area is 156 Å². The number of rotatable bonds is 10. The van der Waals surface area contributed by atoms with Crippen molar-refractivity contribution in [1.82, 2.24) is 15.5 Å². The zero-order valence-electron chi connectivity index (χ0n) is 16.3. The lowest BCUT2D eigenvalue weighted by Gasteiger charge is -2.24. The van der Waals surface area contributed by atoms with Crippen molar-refractivity contribution in [2.75, 3.05) is 60.0 Å². The minimum Gasteiger partial charge on any atom is -0.493 e. The van der Waals surface area contributed by atoms with E-state index in [1.54, 1.807) is 14.2 Å². The minimum absolute atomic E-state index is 0.149. The molecule has 1 aromatic rings. The molecular weight excluding hydrogens is 336 g/mol. The fraction of sp³-hybridized carbons (Fsp3) is 0.611. The number of aliphatic imine (C=N–C) groups is 1. The molecule has 0 aromatic heterocycles. The number of thioether (sulfide) groups is 1. The summed E-state index contributed by atoms with van der Waals surface area (Å²) in [6.07, 6.45) is 2.10. The van der Waals surface area contributed by atoms with E-state index < -0.39 is 0 Å². The van der Waals surface area contributed by atoms with E-state index in [2.05, 4.69) is 48.9 Å². The van der Waals surface area contributed by atoms with Gasteiger partial charge in [0.25, 0.3) is 0 Å². The molecule has 1 atom stereocenters. The molecule has 0 amide bonds. The molecule has 7 heteroatoms. The van der Waals surface area contributed by atoms with E-state index in [4.69, 9.17) is 14.5 Å². The van der Waals surface area contributed by atoms with Crippen molar-refractivity contribution in [3.8, 4) is 11.5 Å². The number of nitrogens with zero attached hydrogens (tertiary/aromatic N) is 2. The van der Waals surface area contributed by atoms with Gasteiger partial charge in [-0.1, -0.05) is 6.07 Å². The second-order valence-corrected chi connectivity index (χ2v) is 6.72. The van der Waals surface area contributed by atoms with Crippen molar-refractivity contribution in [2.24, 2.45) is 4.99 Å². The van der Waals surface area contributed by atoms with Crippen LogP contribution in [0.4, 0.5) is 0 Å². The molecule has 1 aromatic carbocycles. The molecule has 0 saturated heterocycles. The number of hydrogen-bond donors (Lipinski definition) is 2. The van der Waals surface area contributed by atoms with Gasteiger partial charge in [0, 0.05) is 18.8 Å². The third-order valence-electron chi connectivity index (χ3n) is 3.78. The van der Waals surface area contributed by atoms with Crippen molar-refractivity contribution >= 4 is 17.7 Å². The third kappa shape index (κ3) is 7.04. The van der Waals surface area contributed by atoms with Crippen LogP contribution in [-0.4, -0.2) is 70.8 Å². The van der Waals surface area contributed by atoms with Gasteiger partial charge in [-0.05, 0) is 45.0 Å². The molecule has 0 aliphatic heterocycles. The number of nitrogens with one attached hydrogen (secondary N) is 2. The summed E-state index contributed by atoms with van der Waals surface area (Å²) in [6.45, 7) is 4.46. The fourth-order valence-corrected chi connectivity index (χ4v) is 2.72. The van der Waals surface area contributed by atoms with Gasteiger partial charge < -0.3 is 25.0 Å². The SMILES string of the molecule is CCNC(=NCC(c1ccc(OC)c(OC)c1)N(C)C)NCCSC. The first-order chi connectivity index (χ1) is 12.1. The van der Waals surface area contributed by atoms with Crippen molar-refractivity contribution in [3.63, 3.8) is 0 Å². The highest BCUT2D eigenvalue weighted by molar-refractivity contribution is 7.98. The van der Waals surface area contributed by atoms with Crippen LogP contribution >= 0.6 is 11.8 Å². The Morgan fingerprint density at radius 1 is 1.20 bits per heavy atom. The first kappa shape index (κ1) is 21.4. The van der Waals surface area contributed by atoms with Crippen molar-refractivity contribution in [2.45, 2.75) is 13.0 Å². The van der Waals surface area contributed by atoms with Crippen LogP contribution in [0.15, 0.2) is 23.2 Å². The lowest BCUT2D eigenvalue weighted by atomic mass is 10.1. The van der Waals surface area contributed by atoms with Crippen molar-refractivity contribution < 1.29 is 9.47 Å². The van der Waals surface area contributed by atoms with E-state index in [-0.39, 0.29) is 6.04 Å². The van der Waals surface area contributed by atoms with E-state index >= 15 is 0 Å². The van der Waals surface area contributed by atoms with Gasteiger partial charge in [0.2, 0.25) is 0 Å². The smallest absolute Gasteiger partial charge is 0.191 e. The minimum atomic E-state index is 0.149. The Bertz CT molecular complexity index is 538. The molecule has 0 radical (unpaired) electrons. The largest absolute Gasteiger partial charge is 0.493 e. The molecular formula is C18H32N4O2S. The molecule has 0 bridgehead atoms. The van der Waals surface area contributed by atoms with Gasteiger partial charge >= 0.3 is 0 Å². The van der Waals surface area contributed by atoms with Gasteiger partial charge in [0.05, 0.1) is 26.8 Å². The molecule has 0 saturated carbocycles. The van der Waals surface area contributed by atoms with Gasteiger partial charge in [0.1, 0.15) is 0 Å². The van der Waals surface area contributed by atoms with E-state index in [9.17, 15) is 0 Å². The van der Waals surface area contributed by atoms with Gasteiger partial charge in [0.15, 0.2) is 17.5 Å². The summed E-state index contributed by atoms with van der Waals surface area (Å²) in [5.74, 6) is 3.38. The Morgan fingerprint density at radius 2 is 1.92 bits per heavy atom. The first-order valence-electron chi connectivity index (χ1n) is 8.46. The molecule has 0 fully saturated rings. The van der Waals surface area contributed by atoms with Crippen molar-refractivity contribution in [3.05, 3.63) is 23.8 Å². The highest BCUT2D eigenvalue weighted by Crippen LogP contribution is 2.31. The maximum absolute atomic E-state index is 5.43. The average Bonchev–Trinajstić information content (AvgIpc) is 2.61. The maximum Gasteiger partial charge on any atom is 0.191 e. The van der Waals surface area contributed by atoms with Crippen LogP contribution in [0.25, 0.3) is 0 Å². The van der Waals surface area contributed by atoms with Gasteiger partial charge in [-0.2, -0.15) is 11.8 Å². The summed E-state index contributed by atoms with van der Waals surface area (Å²) in [6, 6.07) is 6.18. The van der Waals surface area contributed by atoms with Gasteiger partial charge in [-0.25, -0.2) is 0 Å². The summed E-state index contributed by atoms with van der Waals surface area (Å²) in [5.41, 5.74) is 1.14. The molecule has 142 valence electrons. The molecule has 0 aliphatic rings. The average molecular weight is 369 g/mol. The monoisotopic (exact) mass is 368 g/mol. The predicted octanol–water partition coefficient (Wildman–Crippen LogP) is 2.22. The zero-order chi connectivity index (χ0) is 18.7. The molecule has 0 heterocycles. The summed E-state index contributed by atoms with van der Waals surface area (Å²) in [4.78, 5) is 6.92. The number of methoxy groups -OCH3 is 2. The Hall–Kier alpha value is -1.60. The molecule has 1 unspecified atom stereocenters. The number of benzene rings is 1. The van der Waals surface area contributed by atoms with E-state index in [1.165, 1.54) is 0 Å². The van der Waals surface area contributed by atoms with Crippen LogP contribution in [0.2, 0.25) is 0 Å². The third-order valence-corrected chi connectivity index (χ3v) is 4.39. The normalized spacial score (nSPS) is 12.8. The van der Waals surface area contributed by atoms with Crippen LogP contribution in [0, 0.1) is 0 Å². The standard InChI is InChI=1S/C18H32N4O2S/c1-7-19-18(20-10-11-25-6)21-13-15(22(2)3)14-8-9-16(23-4)17(12-14)24-5/h8-9,12,15H,7,10-11,13H2,1-6H3,(H2,19,20,21). The molecule has 1 rings (SSSR count). The second kappa shape index (κ2) is 11.9. The molecule has 0 aliphatic carbocycles. The van der Waals surface area contributed by atoms with Gasteiger partial charge in [-0.3, -0.25) is 4.99 Å². The molecule has 25 heavy (non-hydrogen) atoms. The highest BCUT2D eigenvalue weighted by Gasteiger charge is 2.16. The van der Waals surface area contributed by atoms with Crippen LogP contribution in [-0.2, 0) is 0 Å². The van der Waals surface area contributed by atoms with Crippen LogP contribution in [0.5, 0.6) is 11.5 Å².